The van der Waals surface area contributed by atoms with Crippen molar-refractivity contribution in [1.29, 1.82) is 0 Å². The minimum absolute atomic E-state index is 0. The van der Waals surface area contributed by atoms with Gasteiger partial charge in [0.15, 0.2) is 0 Å². The quantitative estimate of drug-likeness (QED) is 0.583. The highest BCUT2D eigenvalue weighted by atomic mass is 35.5. The Morgan fingerprint density at radius 3 is 1.58 bits per heavy atom. The van der Waals surface area contributed by atoms with E-state index in [4.69, 9.17) is 10.2 Å². The first-order valence-electron chi connectivity index (χ1n) is 4.27. The minimum Gasteiger partial charge on any atom is -0.392 e. The molecule has 0 amide bonds. The molecule has 0 aromatic rings. The lowest BCUT2D eigenvalue weighted by molar-refractivity contribution is 0.141. The highest BCUT2D eigenvalue weighted by Crippen LogP contribution is 1.89. The van der Waals surface area contributed by atoms with Gasteiger partial charge in [-0.2, -0.15) is 0 Å². The van der Waals surface area contributed by atoms with Crippen molar-refractivity contribution in [2.75, 3.05) is 13.1 Å². The molecule has 76 valence electrons. The molecule has 2 unspecified atom stereocenters. The van der Waals surface area contributed by atoms with Gasteiger partial charge in [-0.15, -0.1) is 12.4 Å². The maximum atomic E-state index is 9.10. The molecule has 0 aliphatic heterocycles. The second-order valence-corrected chi connectivity index (χ2v) is 2.78. The van der Waals surface area contributed by atoms with Gasteiger partial charge in [0.25, 0.3) is 0 Å². The minimum atomic E-state index is -0.279. The Morgan fingerprint density at radius 1 is 1.00 bits per heavy atom. The van der Waals surface area contributed by atoms with Gasteiger partial charge in [-0.1, -0.05) is 13.8 Å². The molecule has 12 heavy (non-hydrogen) atoms. The van der Waals surface area contributed by atoms with E-state index in [0.29, 0.717) is 13.1 Å². The van der Waals surface area contributed by atoms with E-state index < -0.39 is 0 Å². The zero-order valence-corrected chi connectivity index (χ0v) is 8.60. The molecular formula is C8H20ClNO2. The van der Waals surface area contributed by atoms with Crippen molar-refractivity contribution in [2.45, 2.75) is 38.9 Å². The predicted molar refractivity (Wildman–Crippen MR) is 52.7 cm³/mol. The summed E-state index contributed by atoms with van der Waals surface area (Å²) in [7, 11) is 0. The largest absolute Gasteiger partial charge is 0.392 e. The lowest BCUT2D eigenvalue weighted by Crippen LogP contribution is -2.32. The van der Waals surface area contributed by atoms with Gasteiger partial charge in [-0.25, -0.2) is 0 Å². The van der Waals surface area contributed by atoms with Gasteiger partial charge >= 0.3 is 0 Å². The van der Waals surface area contributed by atoms with Gasteiger partial charge in [-0.05, 0) is 12.8 Å². The molecule has 0 rings (SSSR count). The molecule has 0 saturated heterocycles. The first-order chi connectivity index (χ1) is 5.20. The van der Waals surface area contributed by atoms with Gasteiger partial charge in [0.05, 0.1) is 12.2 Å². The molecular weight excluding hydrogens is 178 g/mol. The molecule has 0 radical (unpaired) electrons. The van der Waals surface area contributed by atoms with E-state index in [2.05, 4.69) is 5.32 Å². The number of rotatable bonds is 6. The molecule has 0 spiro atoms. The summed E-state index contributed by atoms with van der Waals surface area (Å²) in [5.74, 6) is 0. The maximum absolute atomic E-state index is 9.10. The number of aliphatic hydroxyl groups is 2. The molecule has 3 N–H and O–H groups in total. The summed E-state index contributed by atoms with van der Waals surface area (Å²) >= 11 is 0. The van der Waals surface area contributed by atoms with Gasteiger partial charge in [0, 0.05) is 13.1 Å². The van der Waals surface area contributed by atoms with Crippen LogP contribution in [0.4, 0.5) is 0 Å². The Labute approximate surface area is 80.6 Å². The monoisotopic (exact) mass is 197 g/mol. The van der Waals surface area contributed by atoms with Crippen molar-refractivity contribution >= 4 is 12.4 Å². The number of hydrogen-bond donors (Lipinski definition) is 3. The van der Waals surface area contributed by atoms with Crippen LogP contribution in [-0.4, -0.2) is 35.5 Å². The normalized spacial score (nSPS) is 15.0. The Balaban J connectivity index is 0. The number of halogens is 1. The van der Waals surface area contributed by atoms with Crippen molar-refractivity contribution in [3.63, 3.8) is 0 Å². The van der Waals surface area contributed by atoms with Crippen LogP contribution < -0.4 is 5.32 Å². The smallest absolute Gasteiger partial charge is 0.0662 e. The molecule has 0 aromatic heterocycles. The lowest BCUT2D eigenvalue weighted by atomic mass is 10.2. The molecule has 0 aliphatic rings. The molecule has 0 heterocycles. The van der Waals surface area contributed by atoms with Gasteiger partial charge in [-0.3, -0.25) is 0 Å². The number of aliphatic hydroxyl groups excluding tert-OH is 2. The molecule has 3 nitrogen and oxygen atoms in total. The molecule has 0 saturated carbocycles. The van der Waals surface area contributed by atoms with Crippen molar-refractivity contribution in [3.8, 4) is 0 Å². The van der Waals surface area contributed by atoms with Crippen LogP contribution in [0, 0.1) is 0 Å². The Kier molecular flexibility index (Phi) is 11.3. The predicted octanol–water partition coefficient (Wildman–Crippen LogP) is 0.540. The number of hydrogen-bond acceptors (Lipinski definition) is 3. The highest BCUT2D eigenvalue weighted by Gasteiger charge is 2.02. The topological polar surface area (TPSA) is 52.5 Å². The van der Waals surface area contributed by atoms with E-state index in [0.717, 1.165) is 12.8 Å². The molecule has 0 bridgehead atoms. The summed E-state index contributed by atoms with van der Waals surface area (Å²) in [6.45, 7) is 5.02. The Morgan fingerprint density at radius 2 is 1.33 bits per heavy atom. The van der Waals surface area contributed by atoms with Crippen LogP contribution >= 0.6 is 12.4 Å². The second-order valence-electron chi connectivity index (χ2n) is 2.78. The summed E-state index contributed by atoms with van der Waals surface area (Å²) in [6.07, 6.45) is 0.961. The standard InChI is InChI=1S/C8H19NO2.ClH/c1-3-7(10)5-9-6-8(11)4-2;/h7-11H,3-6H2,1-2H3;1H. The van der Waals surface area contributed by atoms with Crippen LogP contribution in [0.15, 0.2) is 0 Å². The fourth-order valence-electron chi connectivity index (χ4n) is 0.705. The average Bonchev–Trinajstić information content (AvgIpc) is 2.04. The fourth-order valence-corrected chi connectivity index (χ4v) is 0.705. The van der Waals surface area contributed by atoms with Crippen LogP contribution in [0.5, 0.6) is 0 Å². The highest BCUT2D eigenvalue weighted by molar-refractivity contribution is 5.85. The fraction of sp³-hybridized carbons (Fsp3) is 1.00. The maximum Gasteiger partial charge on any atom is 0.0662 e. The van der Waals surface area contributed by atoms with Crippen LogP contribution in [0.25, 0.3) is 0 Å². The van der Waals surface area contributed by atoms with Crippen molar-refractivity contribution in [2.24, 2.45) is 0 Å². The van der Waals surface area contributed by atoms with Crippen molar-refractivity contribution in [3.05, 3.63) is 0 Å². The molecule has 2 atom stereocenters. The Bertz CT molecular complexity index is 83.1. The first-order valence-corrected chi connectivity index (χ1v) is 4.27. The second kappa shape index (κ2) is 9.26. The summed E-state index contributed by atoms with van der Waals surface area (Å²) in [5.41, 5.74) is 0. The van der Waals surface area contributed by atoms with E-state index >= 15 is 0 Å². The molecule has 0 aliphatic carbocycles. The van der Waals surface area contributed by atoms with Crippen LogP contribution in [-0.2, 0) is 0 Å². The van der Waals surface area contributed by atoms with Gasteiger partial charge in [0.2, 0.25) is 0 Å². The molecule has 0 aromatic carbocycles. The SMILES string of the molecule is CCC(O)CNCC(O)CC.Cl. The third kappa shape index (κ3) is 8.27. The van der Waals surface area contributed by atoms with Crippen molar-refractivity contribution < 1.29 is 10.2 Å². The first kappa shape index (κ1) is 14.7. The van der Waals surface area contributed by atoms with Crippen LogP contribution in [0.1, 0.15) is 26.7 Å². The van der Waals surface area contributed by atoms with Gasteiger partial charge in [0.1, 0.15) is 0 Å². The van der Waals surface area contributed by atoms with E-state index in [-0.39, 0.29) is 24.6 Å². The number of nitrogens with one attached hydrogen (secondary N) is 1. The van der Waals surface area contributed by atoms with E-state index in [9.17, 15) is 0 Å². The Hall–Kier alpha value is 0.170. The van der Waals surface area contributed by atoms with E-state index in [1.165, 1.54) is 0 Å². The lowest BCUT2D eigenvalue weighted by Gasteiger charge is -2.11. The van der Waals surface area contributed by atoms with Crippen LogP contribution in [0.2, 0.25) is 0 Å². The summed E-state index contributed by atoms with van der Waals surface area (Å²) in [6, 6.07) is 0. The third-order valence-electron chi connectivity index (χ3n) is 1.70. The average molecular weight is 198 g/mol. The van der Waals surface area contributed by atoms with Crippen molar-refractivity contribution in [1.82, 2.24) is 5.32 Å². The summed E-state index contributed by atoms with van der Waals surface area (Å²) in [4.78, 5) is 0. The third-order valence-corrected chi connectivity index (χ3v) is 1.70. The molecule has 0 fully saturated rings. The van der Waals surface area contributed by atoms with Gasteiger partial charge < -0.3 is 15.5 Å². The van der Waals surface area contributed by atoms with E-state index in [1.807, 2.05) is 13.8 Å². The van der Waals surface area contributed by atoms with E-state index in [1.54, 1.807) is 0 Å². The zero-order valence-electron chi connectivity index (χ0n) is 7.79. The zero-order chi connectivity index (χ0) is 8.69. The summed E-state index contributed by atoms with van der Waals surface area (Å²) < 4.78 is 0. The van der Waals surface area contributed by atoms with Crippen LogP contribution in [0.3, 0.4) is 0 Å². The molecule has 4 heteroatoms. The summed E-state index contributed by atoms with van der Waals surface area (Å²) in [5, 5.41) is 21.2.